The first kappa shape index (κ1) is 41.8. The van der Waals surface area contributed by atoms with Crippen LogP contribution in [-0.2, 0) is 15.0 Å². The number of H-pyrrole nitrogens is 1. The number of aromatic nitrogens is 5. The van der Waals surface area contributed by atoms with Gasteiger partial charge in [0.15, 0.2) is 5.82 Å². The van der Waals surface area contributed by atoms with Crippen LogP contribution in [0.4, 0.5) is 11.4 Å². The number of hydrogen-bond acceptors (Lipinski definition) is 11. The highest BCUT2D eigenvalue weighted by molar-refractivity contribution is 6.12. The summed E-state index contributed by atoms with van der Waals surface area (Å²) in [4.78, 5) is 59.3. The van der Waals surface area contributed by atoms with Crippen LogP contribution in [0.2, 0.25) is 0 Å². The fraction of sp³-hybridized carbons (Fsp3) is 0.460. The van der Waals surface area contributed by atoms with Crippen LogP contribution in [0, 0.1) is 12.3 Å². The molecule has 3 aliphatic heterocycles. The Kier molecular flexibility index (Phi) is 10.7. The number of amides is 3. The molecule has 1 spiro atoms. The van der Waals surface area contributed by atoms with Gasteiger partial charge in [-0.1, -0.05) is 56.3 Å². The fourth-order valence-corrected chi connectivity index (χ4v) is 10.5. The highest BCUT2D eigenvalue weighted by Crippen LogP contribution is 2.47. The van der Waals surface area contributed by atoms with E-state index < -0.39 is 5.91 Å². The summed E-state index contributed by atoms with van der Waals surface area (Å²) in [5, 5.41) is 14.8. The van der Waals surface area contributed by atoms with Gasteiger partial charge in [0.2, 0.25) is 11.8 Å². The number of fused-ring (bicyclic) bond motifs is 3. The van der Waals surface area contributed by atoms with Crippen LogP contribution in [0.25, 0.3) is 33.2 Å². The summed E-state index contributed by atoms with van der Waals surface area (Å²) in [5.74, 6) is 0.209. The summed E-state index contributed by atoms with van der Waals surface area (Å²) >= 11 is 0. The van der Waals surface area contributed by atoms with Crippen molar-refractivity contribution in [3.8, 4) is 11.3 Å². The minimum Gasteiger partial charge on any atom is -0.374 e. The average molecular weight is 863 g/mol. The lowest BCUT2D eigenvalue weighted by Gasteiger charge is -2.51. The van der Waals surface area contributed by atoms with Crippen LogP contribution in [0.5, 0.6) is 0 Å². The summed E-state index contributed by atoms with van der Waals surface area (Å²) in [6.45, 7) is 14.4. The van der Waals surface area contributed by atoms with Crippen LogP contribution in [-0.4, -0.2) is 86.0 Å². The second-order valence-corrected chi connectivity index (χ2v) is 19.9. The van der Waals surface area contributed by atoms with Crippen molar-refractivity contribution in [1.29, 1.82) is 0 Å². The lowest BCUT2D eigenvalue weighted by Crippen LogP contribution is -2.52. The highest BCUT2D eigenvalue weighted by atomic mass is 16.5. The van der Waals surface area contributed by atoms with Gasteiger partial charge < -0.3 is 29.9 Å². The van der Waals surface area contributed by atoms with Crippen molar-refractivity contribution in [2.45, 2.75) is 115 Å². The molecule has 64 heavy (non-hydrogen) atoms. The molecular weight excluding hydrogens is 805 g/mol. The van der Waals surface area contributed by atoms with Gasteiger partial charge in [-0.15, -0.1) is 0 Å². The maximum absolute atomic E-state index is 13.0. The lowest BCUT2D eigenvalue weighted by molar-refractivity contribution is -0.133. The predicted molar refractivity (Wildman–Crippen MR) is 247 cm³/mol. The molecule has 6 aromatic rings. The zero-order valence-electron chi connectivity index (χ0n) is 37.5. The Morgan fingerprint density at radius 3 is 2.39 bits per heavy atom. The summed E-state index contributed by atoms with van der Waals surface area (Å²) < 4.78 is 5.27. The fourth-order valence-electron chi connectivity index (χ4n) is 10.5. The number of rotatable bonds is 9. The third-order valence-electron chi connectivity index (χ3n) is 14.7. The second-order valence-electron chi connectivity index (χ2n) is 19.9. The molecule has 2 atom stereocenters. The Balaban J connectivity index is 0.734. The van der Waals surface area contributed by atoms with E-state index in [1.165, 1.54) is 62.9 Å². The summed E-state index contributed by atoms with van der Waals surface area (Å²) in [7, 11) is 0. The van der Waals surface area contributed by atoms with E-state index in [-0.39, 0.29) is 35.2 Å². The molecule has 4 fully saturated rings. The van der Waals surface area contributed by atoms with Crippen molar-refractivity contribution in [3.63, 3.8) is 0 Å². The van der Waals surface area contributed by atoms with E-state index in [9.17, 15) is 14.4 Å². The van der Waals surface area contributed by atoms with E-state index in [4.69, 9.17) is 9.51 Å². The molecule has 0 bridgehead atoms. The molecule has 1 saturated carbocycles. The summed E-state index contributed by atoms with van der Waals surface area (Å²) in [6.07, 6.45) is 9.94. The van der Waals surface area contributed by atoms with E-state index in [0.29, 0.717) is 36.0 Å². The molecule has 6 heterocycles. The van der Waals surface area contributed by atoms with Crippen molar-refractivity contribution >= 4 is 51.0 Å². The van der Waals surface area contributed by atoms with Crippen molar-refractivity contribution in [2.24, 2.45) is 5.41 Å². The Morgan fingerprint density at radius 2 is 1.69 bits per heavy atom. The molecule has 3 aromatic heterocycles. The Bertz CT molecular complexity index is 2730. The predicted octanol–water partition coefficient (Wildman–Crippen LogP) is 8.10. The Morgan fingerprint density at radius 1 is 0.938 bits per heavy atom. The minimum atomic E-state index is -0.399. The van der Waals surface area contributed by atoms with Gasteiger partial charge >= 0.3 is 11.8 Å². The van der Waals surface area contributed by atoms with Crippen LogP contribution < -0.4 is 20.9 Å². The first-order valence-electron chi connectivity index (χ1n) is 23.0. The number of anilines is 2. The van der Waals surface area contributed by atoms with Crippen molar-refractivity contribution in [1.82, 2.24) is 40.6 Å². The van der Waals surface area contributed by atoms with E-state index in [2.05, 4.69) is 113 Å². The van der Waals surface area contributed by atoms with Crippen LogP contribution in [0.3, 0.4) is 0 Å². The molecule has 332 valence electrons. The number of piperidine rings is 3. The molecule has 4 aliphatic rings. The number of carbonyl (C=O) groups is 3. The zero-order valence-corrected chi connectivity index (χ0v) is 37.5. The van der Waals surface area contributed by atoms with E-state index in [1.807, 2.05) is 27.7 Å². The molecule has 10 rings (SSSR count). The van der Waals surface area contributed by atoms with Crippen LogP contribution >= 0.6 is 0 Å². The van der Waals surface area contributed by atoms with Gasteiger partial charge in [0.25, 0.3) is 0 Å². The minimum absolute atomic E-state index is 0.0395. The van der Waals surface area contributed by atoms with Crippen molar-refractivity contribution in [2.75, 3.05) is 36.4 Å². The number of hydrogen-bond donors (Lipinski definition) is 4. The lowest BCUT2D eigenvalue weighted by atomic mass is 9.69. The molecule has 14 nitrogen and oxygen atoms in total. The third-order valence-corrected chi connectivity index (χ3v) is 14.7. The Labute approximate surface area is 373 Å². The number of benzene rings is 3. The largest absolute Gasteiger partial charge is 0.374 e. The quantitative estimate of drug-likeness (QED) is 0.103. The van der Waals surface area contributed by atoms with Crippen LogP contribution in [0.1, 0.15) is 124 Å². The number of nitrogens with one attached hydrogen (secondary N) is 4. The number of carbonyl (C=O) groups excluding carboxylic acids is 3. The number of aryl methyl sites for hydroxylation is 1. The van der Waals surface area contributed by atoms with E-state index >= 15 is 0 Å². The SMILES string of the molecule is Cc1cc(-c2ncnc3[nH]c4cc(N5CCC6(CC5)CCN([C@H]5C[C@@H](c7ccc(NC8CCC(=O)NC8=O)cc7)C5)CC6)ccc4c23)ccc1[C@@H](C)NC(=O)c1nc(C(C)(C)C)no1. The molecule has 1 unspecified atom stereocenters. The molecular formula is C50H58N10O4. The van der Waals surface area contributed by atoms with Gasteiger partial charge in [0.1, 0.15) is 18.0 Å². The monoisotopic (exact) mass is 862 g/mol. The van der Waals surface area contributed by atoms with E-state index in [0.717, 1.165) is 63.1 Å². The van der Waals surface area contributed by atoms with Gasteiger partial charge in [0.05, 0.1) is 17.1 Å². The smallest absolute Gasteiger partial charge is 0.315 e. The van der Waals surface area contributed by atoms with E-state index in [1.54, 1.807) is 6.33 Å². The van der Waals surface area contributed by atoms with Crippen molar-refractivity contribution in [3.05, 3.63) is 95.4 Å². The van der Waals surface area contributed by atoms with Crippen molar-refractivity contribution < 1.29 is 18.9 Å². The maximum Gasteiger partial charge on any atom is 0.315 e. The number of nitrogens with zero attached hydrogens (tertiary/aromatic N) is 6. The first-order chi connectivity index (χ1) is 30.8. The summed E-state index contributed by atoms with van der Waals surface area (Å²) in [6, 6.07) is 21.6. The first-order valence-corrected chi connectivity index (χ1v) is 23.0. The standard InChI is InChI=1S/C50H58N10O4/c1-29-24-32(8-12-37(29)30(2)53-46(63)47-57-48(58-64-47)49(3,4)5)43-42-38-13-11-35(27-40(38)55-44(42)52-28-51-43)59-20-16-50(17-21-59)18-22-60(23-19-50)36-25-33(26-36)31-6-9-34(10-7-31)54-39-14-15-41(61)56-45(39)62/h6-13,24,27-28,30,33,36,39,54H,14-23,25-26H2,1-5H3,(H,53,63)(H,51,52,55)(H,56,61,62)/t30-,33-,36+,39?/m1/s1. The average Bonchev–Trinajstić information content (AvgIpc) is 3.92. The second kappa shape index (κ2) is 16.4. The molecule has 3 amide bonds. The number of aromatic amines is 1. The third kappa shape index (κ3) is 8.12. The van der Waals surface area contributed by atoms with Gasteiger partial charge in [-0.2, -0.15) is 4.98 Å². The maximum atomic E-state index is 13.0. The molecule has 3 aromatic carbocycles. The molecule has 4 N–H and O–H groups in total. The van der Waals surface area contributed by atoms with Gasteiger partial charge in [-0.05, 0) is 130 Å². The molecule has 3 saturated heterocycles. The molecule has 1 aliphatic carbocycles. The van der Waals surface area contributed by atoms with Gasteiger partial charge in [-0.3, -0.25) is 19.7 Å². The van der Waals surface area contributed by atoms with Crippen LogP contribution in [0.15, 0.2) is 71.5 Å². The molecule has 14 heteroatoms. The van der Waals surface area contributed by atoms with Gasteiger partial charge in [0, 0.05) is 58.8 Å². The molecule has 0 radical (unpaired) electrons. The Hall–Kier alpha value is -6.15. The normalized spacial score (nSPS) is 22.1. The number of likely N-dealkylation sites (tertiary alicyclic amines) is 1. The highest BCUT2D eigenvalue weighted by Gasteiger charge is 2.42. The topological polar surface area (TPSA) is 174 Å². The van der Waals surface area contributed by atoms with Gasteiger partial charge in [-0.25, -0.2) is 9.97 Å². The summed E-state index contributed by atoms with van der Waals surface area (Å²) in [5.41, 5.74) is 9.40. The zero-order chi connectivity index (χ0) is 44.3. The number of imide groups is 1.